The Kier molecular flexibility index (Phi) is 7.69. The Bertz CT molecular complexity index is 377. The van der Waals surface area contributed by atoms with Crippen molar-refractivity contribution in [2.75, 3.05) is 26.3 Å². The Morgan fingerprint density at radius 2 is 2.05 bits per heavy atom. The van der Waals surface area contributed by atoms with Crippen LogP contribution in [-0.2, 0) is 19.1 Å². The molecule has 128 valence electrons. The predicted octanol–water partition coefficient (Wildman–Crippen LogP) is -1.46. The standard InChI is InChI=1S/C13H26N4O5/c1-13(2)11(20)21-12(22-13)17-6-4-3-5-15-8-16-7-9(14)10(18)19/h9,12,15-17H,3-8,14H2,1-2H3,(H,18,19)/t9?,12-/m1/s1. The second kappa shape index (κ2) is 9.01. The first-order chi connectivity index (χ1) is 10.3. The van der Waals surface area contributed by atoms with Crippen molar-refractivity contribution in [3.63, 3.8) is 0 Å². The molecule has 0 aromatic heterocycles. The summed E-state index contributed by atoms with van der Waals surface area (Å²) in [5.74, 6) is -1.38. The normalized spacial score (nSPS) is 21.6. The lowest BCUT2D eigenvalue weighted by Gasteiger charge is -2.14. The zero-order valence-electron chi connectivity index (χ0n) is 13.1. The second-order valence-electron chi connectivity index (χ2n) is 5.60. The molecule has 22 heavy (non-hydrogen) atoms. The number of carboxylic acids is 1. The molecule has 9 nitrogen and oxygen atoms in total. The number of rotatable bonds is 11. The van der Waals surface area contributed by atoms with Crippen LogP contribution in [0.4, 0.5) is 0 Å². The summed E-state index contributed by atoms with van der Waals surface area (Å²) in [7, 11) is 0. The predicted molar refractivity (Wildman–Crippen MR) is 78.8 cm³/mol. The molecule has 0 aromatic carbocycles. The molecule has 1 aliphatic rings. The van der Waals surface area contributed by atoms with Gasteiger partial charge in [0.05, 0.1) is 0 Å². The molecule has 1 aliphatic heterocycles. The summed E-state index contributed by atoms with van der Waals surface area (Å²) in [4.78, 5) is 21.9. The summed E-state index contributed by atoms with van der Waals surface area (Å²) in [6.45, 7) is 5.53. The molecule has 1 heterocycles. The summed E-state index contributed by atoms with van der Waals surface area (Å²) in [6, 6.07) is -0.885. The summed E-state index contributed by atoms with van der Waals surface area (Å²) in [6.07, 6.45) is 1.14. The molecule has 0 radical (unpaired) electrons. The highest BCUT2D eigenvalue weighted by atomic mass is 16.8. The number of hydrogen-bond donors (Lipinski definition) is 5. The van der Waals surface area contributed by atoms with Gasteiger partial charge in [-0.05, 0) is 33.2 Å². The number of carboxylic acid groups (broad SMARTS) is 1. The average Bonchev–Trinajstić information content (AvgIpc) is 2.69. The van der Waals surface area contributed by atoms with Gasteiger partial charge in [0.25, 0.3) is 6.41 Å². The number of nitrogens with two attached hydrogens (primary N) is 1. The van der Waals surface area contributed by atoms with E-state index < -0.39 is 24.0 Å². The first-order valence-corrected chi connectivity index (χ1v) is 7.35. The van der Waals surface area contributed by atoms with Crippen molar-refractivity contribution in [2.24, 2.45) is 5.73 Å². The maximum Gasteiger partial charge on any atom is 0.341 e. The molecule has 0 spiro atoms. The molecule has 0 aliphatic carbocycles. The van der Waals surface area contributed by atoms with Crippen LogP contribution in [0.15, 0.2) is 0 Å². The molecule has 0 bridgehead atoms. The quantitative estimate of drug-likeness (QED) is 0.176. The fourth-order valence-corrected chi connectivity index (χ4v) is 1.75. The van der Waals surface area contributed by atoms with Crippen molar-refractivity contribution < 1.29 is 24.2 Å². The molecular formula is C13H26N4O5. The van der Waals surface area contributed by atoms with Gasteiger partial charge in [0.2, 0.25) is 0 Å². The molecule has 0 saturated carbocycles. The Morgan fingerprint density at radius 3 is 2.64 bits per heavy atom. The largest absolute Gasteiger partial charge is 0.480 e. The highest BCUT2D eigenvalue weighted by Crippen LogP contribution is 2.21. The molecular weight excluding hydrogens is 292 g/mol. The van der Waals surface area contributed by atoms with Crippen molar-refractivity contribution in [3.05, 3.63) is 0 Å². The van der Waals surface area contributed by atoms with Gasteiger partial charge in [-0.2, -0.15) is 0 Å². The highest BCUT2D eigenvalue weighted by molar-refractivity contribution is 5.79. The van der Waals surface area contributed by atoms with E-state index in [1.807, 2.05) is 0 Å². The van der Waals surface area contributed by atoms with Crippen LogP contribution in [0.3, 0.4) is 0 Å². The number of nitrogens with one attached hydrogen (secondary N) is 3. The van der Waals surface area contributed by atoms with Crippen LogP contribution in [0.1, 0.15) is 26.7 Å². The topological polar surface area (TPSA) is 135 Å². The van der Waals surface area contributed by atoms with Gasteiger partial charge in [-0.25, -0.2) is 4.79 Å². The van der Waals surface area contributed by atoms with E-state index in [2.05, 4.69) is 16.0 Å². The van der Waals surface area contributed by atoms with E-state index in [-0.39, 0.29) is 12.5 Å². The lowest BCUT2D eigenvalue weighted by Crippen LogP contribution is -2.43. The zero-order valence-corrected chi connectivity index (χ0v) is 13.1. The molecule has 1 saturated heterocycles. The van der Waals surface area contributed by atoms with Crippen LogP contribution in [0.2, 0.25) is 0 Å². The van der Waals surface area contributed by atoms with Crippen LogP contribution in [0.25, 0.3) is 0 Å². The third-order valence-electron chi connectivity index (χ3n) is 3.13. The van der Waals surface area contributed by atoms with Crippen molar-refractivity contribution in [2.45, 2.75) is 44.7 Å². The Balaban J connectivity index is 1.90. The van der Waals surface area contributed by atoms with Crippen molar-refractivity contribution in [3.8, 4) is 0 Å². The average molecular weight is 318 g/mol. The molecule has 9 heteroatoms. The van der Waals surface area contributed by atoms with Crippen LogP contribution >= 0.6 is 0 Å². The van der Waals surface area contributed by atoms with Gasteiger partial charge in [-0.15, -0.1) is 0 Å². The zero-order chi connectivity index (χ0) is 16.6. The van der Waals surface area contributed by atoms with E-state index in [0.717, 1.165) is 19.4 Å². The third-order valence-corrected chi connectivity index (χ3v) is 3.13. The fourth-order valence-electron chi connectivity index (χ4n) is 1.75. The van der Waals surface area contributed by atoms with Crippen molar-refractivity contribution in [1.29, 1.82) is 0 Å². The van der Waals surface area contributed by atoms with Gasteiger partial charge in [0.15, 0.2) is 5.60 Å². The fraction of sp³-hybridized carbons (Fsp3) is 0.846. The van der Waals surface area contributed by atoms with E-state index in [1.54, 1.807) is 13.8 Å². The molecule has 1 unspecified atom stereocenters. The van der Waals surface area contributed by atoms with Crippen LogP contribution in [-0.4, -0.2) is 61.4 Å². The maximum absolute atomic E-state index is 11.4. The van der Waals surface area contributed by atoms with E-state index in [1.165, 1.54) is 0 Å². The van der Waals surface area contributed by atoms with Gasteiger partial charge < -0.3 is 30.9 Å². The number of carbonyl (C=O) groups excluding carboxylic acids is 1. The molecule has 2 atom stereocenters. The lowest BCUT2D eigenvalue weighted by molar-refractivity contribution is -0.146. The molecule has 1 rings (SSSR count). The summed E-state index contributed by atoms with van der Waals surface area (Å²) in [5, 5.41) is 17.6. The van der Waals surface area contributed by atoms with Crippen LogP contribution < -0.4 is 21.7 Å². The Labute approximate surface area is 129 Å². The number of unbranched alkanes of at least 4 members (excludes halogenated alkanes) is 1. The molecule has 1 fully saturated rings. The van der Waals surface area contributed by atoms with Gasteiger partial charge in [0, 0.05) is 19.8 Å². The minimum atomic E-state index is -1.02. The molecule has 0 amide bonds. The van der Waals surface area contributed by atoms with Crippen LogP contribution in [0.5, 0.6) is 0 Å². The summed E-state index contributed by atoms with van der Waals surface area (Å²) < 4.78 is 10.4. The number of cyclic esters (lactones) is 1. The first kappa shape index (κ1) is 18.8. The minimum Gasteiger partial charge on any atom is -0.480 e. The Hall–Kier alpha value is -1.26. The van der Waals surface area contributed by atoms with Gasteiger partial charge in [-0.3, -0.25) is 10.1 Å². The Morgan fingerprint density at radius 1 is 1.36 bits per heavy atom. The van der Waals surface area contributed by atoms with Gasteiger partial charge in [0.1, 0.15) is 6.04 Å². The van der Waals surface area contributed by atoms with E-state index >= 15 is 0 Å². The van der Waals surface area contributed by atoms with Crippen LogP contribution in [0, 0.1) is 0 Å². The van der Waals surface area contributed by atoms with Crippen molar-refractivity contribution in [1.82, 2.24) is 16.0 Å². The number of hydrogen-bond acceptors (Lipinski definition) is 8. The first-order valence-electron chi connectivity index (χ1n) is 7.35. The van der Waals surface area contributed by atoms with E-state index in [0.29, 0.717) is 13.2 Å². The maximum atomic E-state index is 11.4. The SMILES string of the molecule is CC1(C)O[C@H](NCCCCNCNCC(N)C(=O)O)OC1=O. The number of carbonyl (C=O) groups is 2. The summed E-state index contributed by atoms with van der Waals surface area (Å²) in [5.41, 5.74) is 4.45. The summed E-state index contributed by atoms with van der Waals surface area (Å²) >= 11 is 0. The number of ether oxygens (including phenoxy) is 2. The number of esters is 1. The van der Waals surface area contributed by atoms with Gasteiger partial charge in [-0.1, -0.05) is 0 Å². The van der Waals surface area contributed by atoms with Gasteiger partial charge >= 0.3 is 11.9 Å². The highest BCUT2D eigenvalue weighted by Gasteiger charge is 2.42. The molecule has 6 N–H and O–H groups in total. The number of aliphatic carboxylic acids is 1. The van der Waals surface area contributed by atoms with Crippen molar-refractivity contribution >= 4 is 11.9 Å². The minimum absolute atomic E-state index is 0.226. The second-order valence-corrected chi connectivity index (χ2v) is 5.60. The van der Waals surface area contributed by atoms with E-state index in [9.17, 15) is 9.59 Å². The third kappa shape index (κ3) is 6.67. The monoisotopic (exact) mass is 318 g/mol. The molecule has 0 aromatic rings. The lowest BCUT2D eigenvalue weighted by atomic mass is 10.1. The van der Waals surface area contributed by atoms with E-state index in [4.69, 9.17) is 20.3 Å². The smallest absolute Gasteiger partial charge is 0.341 e.